The van der Waals surface area contributed by atoms with Gasteiger partial charge >= 0.3 is 5.97 Å². The second-order valence-corrected chi connectivity index (χ2v) is 3.56. The molecule has 0 rings (SSSR count). The highest BCUT2D eigenvalue weighted by Gasteiger charge is 2.18. The van der Waals surface area contributed by atoms with Crippen LogP contribution in [0.1, 0.15) is 26.2 Å². The van der Waals surface area contributed by atoms with Gasteiger partial charge in [0.05, 0.1) is 0 Å². The number of rotatable bonds is 8. The molecule has 6 heteroatoms. The van der Waals surface area contributed by atoms with Crippen molar-refractivity contribution in [3.05, 3.63) is 12.2 Å². The lowest BCUT2D eigenvalue weighted by Crippen LogP contribution is -2.30. The van der Waals surface area contributed by atoms with Gasteiger partial charge in [-0.3, -0.25) is 9.63 Å². The monoisotopic (exact) mass is 230 g/mol. The van der Waals surface area contributed by atoms with Gasteiger partial charge in [0.1, 0.15) is 0 Å². The topological polar surface area (TPSA) is 102 Å². The maximum atomic E-state index is 11.2. The largest absolute Gasteiger partial charge is 0.479 e. The standard InChI is InChI=1S/C10H18N2O4/c1-7(2)5-6-12-9(13)4-3-8(16-11)10(14)15/h8H,1,3-6,11H2,2H3,(H,12,13)(H,14,15). The summed E-state index contributed by atoms with van der Waals surface area (Å²) in [5, 5.41) is 11.2. The Morgan fingerprint density at radius 2 is 2.12 bits per heavy atom. The first-order valence-electron chi connectivity index (χ1n) is 4.96. The highest BCUT2D eigenvalue weighted by molar-refractivity contribution is 5.77. The van der Waals surface area contributed by atoms with E-state index in [1.807, 2.05) is 6.92 Å². The molecule has 6 nitrogen and oxygen atoms in total. The molecule has 16 heavy (non-hydrogen) atoms. The van der Waals surface area contributed by atoms with Gasteiger partial charge in [-0.25, -0.2) is 10.7 Å². The van der Waals surface area contributed by atoms with E-state index in [9.17, 15) is 9.59 Å². The molecule has 0 heterocycles. The maximum Gasteiger partial charge on any atom is 0.334 e. The predicted molar refractivity (Wildman–Crippen MR) is 58.4 cm³/mol. The van der Waals surface area contributed by atoms with Crippen molar-refractivity contribution in [3.8, 4) is 0 Å². The Morgan fingerprint density at radius 1 is 1.50 bits per heavy atom. The van der Waals surface area contributed by atoms with Crippen LogP contribution in [0.5, 0.6) is 0 Å². The molecule has 1 unspecified atom stereocenters. The molecule has 0 radical (unpaired) electrons. The zero-order valence-corrected chi connectivity index (χ0v) is 9.36. The highest BCUT2D eigenvalue weighted by Crippen LogP contribution is 2.00. The molecule has 0 aromatic rings. The van der Waals surface area contributed by atoms with Crippen molar-refractivity contribution in [2.45, 2.75) is 32.3 Å². The molecule has 0 aromatic carbocycles. The first-order chi connectivity index (χ1) is 7.47. The van der Waals surface area contributed by atoms with Crippen molar-refractivity contribution in [2.24, 2.45) is 5.90 Å². The molecule has 4 N–H and O–H groups in total. The van der Waals surface area contributed by atoms with E-state index in [4.69, 9.17) is 11.0 Å². The van der Waals surface area contributed by atoms with Gasteiger partial charge in [0.2, 0.25) is 5.91 Å². The van der Waals surface area contributed by atoms with Gasteiger partial charge < -0.3 is 10.4 Å². The number of hydrogen-bond acceptors (Lipinski definition) is 4. The average molecular weight is 230 g/mol. The van der Waals surface area contributed by atoms with Crippen LogP contribution >= 0.6 is 0 Å². The summed E-state index contributed by atoms with van der Waals surface area (Å²) in [6.45, 7) is 6.08. The number of nitrogens with one attached hydrogen (secondary N) is 1. The zero-order chi connectivity index (χ0) is 12.6. The van der Waals surface area contributed by atoms with Crippen LogP contribution in [0.25, 0.3) is 0 Å². The summed E-state index contributed by atoms with van der Waals surface area (Å²) in [7, 11) is 0. The molecule has 0 spiro atoms. The molecule has 1 amide bonds. The predicted octanol–water partition coefficient (Wildman–Crippen LogP) is 0.193. The van der Waals surface area contributed by atoms with Gasteiger partial charge in [0, 0.05) is 13.0 Å². The molecule has 0 aliphatic heterocycles. The maximum absolute atomic E-state index is 11.2. The Labute approximate surface area is 94.4 Å². The average Bonchev–Trinajstić information content (AvgIpc) is 2.17. The van der Waals surface area contributed by atoms with Crippen LogP contribution < -0.4 is 11.2 Å². The van der Waals surface area contributed by atoms with Crippen molar-refractivity contribution >= 4 is 11.9 Å². The van der Waals surface area contributed by atoms with Crippen LogP contribution in [-0.2, 0) is 14.4 Å². The number of carbonyl (C=O) groups excluding carboxylic acids is 1. The fourth-order valence-electron chi connectivity index (χ4n) is 1.02. The quantitative estimate of drug-likeness (QED) is 0.408. The van der Waals surface area contributed by atoms with Gasteiger partial charge in [-0.05, 0) is 19.8 Å². The SMILES string of the molecule is C=C(C)CCNC(=O)CCC(ON)C(=O)O. The molecule has 0 aromatic heterocycles. The van der Waals surface area contributed by atoms with Gasteiger partial charge in [0.25, 0.3) is 0 Å². The first kappa shape index (κ1) is 14.6. The molecule has 0 bridgehead atoms. The second-order valence-electron chi connectivity index (χ2n) is 3.56. The van der Waals surface area contributed by atoms with Crippen LogP contribution in [0.3, 0.4) is 0 Å². The number of carboxylic acid groups (broad SMARTS) is 1. The van der Waals surface area contributed by atoms with Gasteiger partial charge in [-0.2, -0.15) is 0 Å². The number of nitrogens with two attached hydrogens (primary N) is 1. The Balaban J connectivity index is 3.71. The van der Waals surface area contributed by atoms with Crippen molar-refractivity contribution in [1.29, 1.82) is 0 Å². The van der Waals surface area contributed by atoms with Crippen molar-refractivity contribution in [3.63, 3.8) is 0 Å². The van der Waals surface area contributed by atoms with E-state index in [2.05, 4.69) is 16.7 Å². The normalized spacial score (nSPS) is 11.9. The lowest BCUT2D eigenvalue weighted by Gasteiger charge is -2.09. The summed E-state index contributed by atoms with van der Waals surface area (Å²) in [6.07, 6.45) is -0.289. The Kier molecular flexibility index (Phi) is 7.15. The fraction of sp³-hybridized carbons (Fsp3) is 0.600. The third-order valence-electron chi connectivity index (χ3n) is 1.95. The summed E-state index contributed by atoms with van der Waals surface area (Å²) in [5.74, 6) is 3.39. The third kappa shape index (κ3) is 6.97. The molecule has 0 aliphatic rings. The fourth-order valence-corrected chi connectivity index (χ4v) is 1.02. The van der Waals surface area contributed by atoms with E-state index in [1.54, 1.807) is 0 Å². The molecule has 0 fully saturated rings. The van der Waals surface area contributed by atoms with Crippen LogP contribution in [-0.4, -0.2) is 29.6 Å². The van der Waals surface area contributed by atoms with Gasteiger partial charge in [-0.15, -0.1) is 6.58 Å². The van der Waals surface area contributed by atoms with Crippen molar-refractivity contribution in [1.82, 2.24) is 5.32 Å². The summed E-state index contributed by atoms with van der Waals surface area (Å²) in [4.78, 5) is 25.9. The van der Waals surface area contributed by atoms with Crippen LogP contribution in [0.2, 0.25) is 0 Å². The molecule has 0 aliphatic carbocycles. The molecular weight excluding hydrogens is 212 g/mol. The summed E-state index contributed by atoms with van der Waals surface area (Å²) < 4.78 is 0. The van der Waals surface area contributed by atoms with E-state index in [-0.39, 0.29) is 18.7 Å². The molecule has 0 saturated heterocycles. The number of amides is 1. The van der Waals surface area contributed by atoms with Gasteiger partial charge in [-0.1, -0.05) is 5.57 Å². The lowest BCUT2D eigenvalue weighted by atomic mass is 10.2. The minimum atomic E-state index is -1.17. The number of hydrogen-bond donors (Lipinski definition) is 3. The molecule has 1 atom stereocenters. The van der Waals surface area contributed by atoms with E-state index in [0.717, 1.165) is 5.57 Å². The number of carboxylic acids is 1. The molecule has 0 saturated carbocycles. The second kappa shape index (κ2) is 7.84. The number of aliphatic carboxylic acids is 1. The van der Waals surface area contributed by atoms with Crippen LogP contribution in [0.15, 0.2) is 12.2 Å². The van der Waals surface area contributed by atoms with Crippen LogP contribution in [0.4, 0.5) is 0 Å². The van der Waals surface area contributed by atoms with Gasteiger partial charge in [0.15, 0.2) is 6.10 Å². The Hall–Kier alpha value is -1.40. The van der Waals surface area contributed by atoms with Crippen molar-refractivity contribution < 1.29 is 19.5 Å². The van der Waals surface area contributed by atoms with Crippen LogP contribution in [0, 0.1) is 0 Å². The zero-order valence-electron chi connectivity index (χ0n) is 9.36. The summed E-state index contributed by atoms with van der Waals surface area (Å²) >= 11 is 0. The first-order valence-corrected chi connectivity index (χ1v) is 4.96. The Morgan fingerprint density at radius 3 is 2.56 bits per heavy atom. The number of carbonyl (C=O) groups is 2. The lowest BCUT2D eigenvalue weighted by molar-refractivity contribution is -0.151. The summed E-state index contributed by atoms with van der Waals surface area (Å²) in [5.41, 5.74) is 0.981. The Bertz CT molecular complexity index is 266. The molecular formula is C10H18N2O4. The van der Waals surface area contributed by atoms with E-state index >= 15 is 0 Å². The highest BCUT2D eigenvalue weighted by atomic mass is 16.6. The van der Waals surface area contributed by atoms with E-state index in [0.29, 0.717) is 13.0 Å². The molecule has 92 valence electrons. The summed E-state index contributed by atoms with van der Waals surface area (Å²) in [6, 6.07) is 0. The van der Waals surface area contributed by atoms with E-state index < -0.39 is 12.1 Å². The van der Waals surface area contributed by atoms with E-state index in [1.165, 1.54) is 0 Å². The van der Waals surface area contributed by atoms with Crippen molar-refractivity contribution in [2.75, 3.05) is 6.54 Å². The third-order valence-corrected chi connectivity index (χ3v) is 1.95. The smallest absolute Gasteiger partial charge is 0.334 e. The minimum Gasteiger partial charge on any atom is -0.479 e. The minimum absolute atomic E-state index is 0.0603.